The Labute approximate surface area is 99.1 Å². The Balaban J connectivity index is 2.72. The molecule has 1 aromatic rings. The van der Waals surface area contributed by atoms with Crippen LogP contribution in [0, 0.1) is 5.41 Å². The molecule has 0 aliphatic carbocycles. The van der Waals surface area contributed by atoms with E-state index in [2.05, 4.69) is 10.4 Å². The SMILES string of the molecule is Cn1ncc(N)c1C(=O)NCC(C)(C)C(N)=O. The third-order valence-corrected chi connectivity index (χ3v) is 2.54. The van der Waals surface area contributed by atoms with Crippen LogP contribution in [0.1, 0.15) is 24.3 Å². The number of carbonyl (C=O) groups is 2. The van der Waals surface area contributed by atoms with Crippen LogP contribution in [-0.2, 0) is 11.8 Å². The molecule has 0 aromatic carbocycles. The van der Waals surface area contributed by atoms with Crippen molar-refractivity contribution in [1.82, 2.24) is 15.1 Å². The van der Waals surface area contributed by atoms with E-state index < -0.39 is 11.3 Å². The van der Waals surface area contributed by atoms with Crippen molar-refractivity contribution in [3.05, 3.63) is 11.9 Å². The summed E-state index contributed by atoms with van der Waals surface area (Å²) in [4.78, 5) is 22.9. The minimum atomic E-state index is -0.803. The highest BCUT2D eigenvalue weighted by Crippen LogP contribution is 2.13. The summed E-state index contributed by atoms with van der Waals surface area (Å²) in [6.45, 7) is 3.45. The zero-order chi connectivity index (χ0) is 13.2. The van der Waals surface area contributed by atoms with E-state index in [4.69, 9.17) is 11.5 Å². The highest BCUT2D eigenvalue weighted by molar-refractivity contribution is 5.97. The molecule has 2 amide bonds. The molecule has 1 aromatic heterocycles. The molecule has 7 heteroatoms. The summed E-state index contributed by atoms with van der Waals surface area (Å²) in [5.41, 5.74) is 10.6. The van der Waals surface area contributed by atoms with Crippen molar-refractivity contribution in [2.24, 2.45) is 18.2 Å². The van der Waals surface area contributed by atoms with E-state index in [-0.39, 0.29) is 18.1 Å². The number of hydrogen-bond donors (Lipinski definition) is 3. The molecule has 0 fully saturated rings. The van der Waals surface area contributed by atoms with Gasteiger partial charge in [0.25, 0.3) is 5.91 Å². The number of rotatable bonds is 4. The number of amides is 2. The summed E-state index contributed by atoms with van der Waals surface area (Å²) >= 11 is 0. The van der Waals surface area contributed by atoms with Crippen molar-refractivity contribution in [2.45, 2.75) is 13.8 Å². The standard InChI is InChI=1S/C10H17N5O2/c1-10(2,9(12)17)5-13-8(16)7-6(11)4-14-15(7)3/h4H,5,11H2,1-3H3,(H2,12,17)(H,13,16). The van der Waals surface area contributed by atoms with E-state index in [1.165, 1.54) is 10.9 Å². The summed E-state index contributed by atoms with van der Waals surface area (Å²) in [6.07, 6.45) is 1.40. The molecule has 0 aliphatic heterocycles. The van der Waals surface area contributed by atoms with Crippen molar-refractivity contribution in [2.75, 3.05) is 12.3 Å². The quantitative estimate of drug-likeness (QED) is 0.640. The van der Waals surface area contributed by atoms with Gasteiger partial charge in [0.05, 0.1) is 17.3 Å². The van der Waals surface area contributed by atoms with Crippen LogP contribution in [0.5, 0.6) is 0 Å². The fraction of sp³-hybridized carbons (Fsp3) is 0.500. The number of nitrogens with two attached hydrogens (primary N) is 2. The Morgan fingerprint density at radius 2 is 2.12 bits per heavy atom. The van der Waals surface area contributed by atoms with Crippen molar-refractivity contribution in [3.63, 3.8) is 0 Å². The van der Waals surface area contributed by atoms with Crippen molar-refractivity contribution in [3.8, 4) is 0 Å². The molecule has 0 spiro atoms. The number of anilines is 1. The van der Waals surface area contributed by atoms with E-state index in [1.807, 2.05) is 0 Å². The van der Waals surface area contributed by atoms with Crippen LogP contribution in [0.25, 0.3) is 0 Å². The van der Waals surface area contributed by atoms with E-state index in [0.717, 1.165) is 0 Å². The van der Waals surface area contributed by atoms with E-state index in [9.17, 15) is 9.59 Å². The highest BCUT2D eigenvalue weighted by atomic mass is 16.2. The lowest BCUT2D eigenvalue weighted by atomic mass is 9.93. The van der Waals surface area contributed by atoms with Crippen molar-refractivity contribution in [1.29, 1.82) is 0 Å². The molecule has 94 valence electrons. The fourth-order valence-corrected chi connectivity index (χ4v) is 1.20. The van der Waals surface area contributed by atoms with Gasteiger partial charge in [-0.3, -0.25) is 14.3 Å². The van der Waals surface area contributed by atoms with Gasteiger partial charge in [-0.15, -0.1) is 0 Å². The first-order valence-corrected chi connectivity index (χ1v) is 5.11. The number of aromatic nitrogens is 2. The van der Waals surface area contributed by atoms with Crippen LogP contribution in [0.4, 0.5) is 5.69 Å². The lowest BCUT2D eigenvalue weighted by Gasteiger charge is -2.20. The molecule has 1 rings (SSSR count). The first-order chi connectivity index (χ1) is 7.75. The van der Waals surface area contributed by atoms with Crippen LogP contribution in [0.3, 0.4) is 0 Å². The third-order valence-electron chi connectivity index (χ3n) is 2.54. The van der Waals surface area contributed by atoms with Gasteiger partial charge in [-0.1, -0.05) is 0 Å². The molecule has 17 heavy (non-hydrogen) atoms. The number of hydrogen-bond acceptors (Lipinski definition) is 4. The Kier molecular flexibility index (Phi) is 3.40. The maximum absolute atomic E-state index is 11.8. The second-order valence-corrected chi connectivity index (χ2v) is 4.50. The molecule has 7 nitrogen and oxygen atoms in total. The fourth-order valence-electron chi connectivity index (χ4n) is 1.20. The molecule has 0 saturated heterocycles. The van der Waals surface area contributed by atoms with Gasteiger partial charge in [0.15, 0.2) is 0 Å². The Morgan fingerprint density at radius 3 is 2.53 bits per heavy atom. The summed E-state index contributed by atoms with van der Waals surface area (Å²) < 4.78 is 1.38. The summed E-state index contributed by atoms with van der Waals surface area (Å²) in [5.74, 6) is -0.854. The minimum absolute atomic E-state index is 0.145. The molecule has 5 N–H and O–H groups in total. The average molecular weight is 239 g/mol. The van der Waals surface area contributed by atoms with Gasteiger partial charge < -0.3 is 16.8 Å². The zero-order valence-corrected chi connectivity index (χ0v) is 10.2. The van der Waals surface area contributed by atoms with Gasteiger partial charge in [0, 0.05) is 13.6 Å². The van der Waals surface area contributed by atoms with Gasteiger partial charge in [-0.25, -0.2) is 0 Å². The van der Waals surface area contributed by atoms with Gasteiger partial charge in [0.1, 0.15) is 5.69 Å². The van der Waals surface area contributed by atoms with Gasteiger partial charge in [0.2, 0.25) is 5.91 Å². The van der Waals surface area contributed by atoms with Crippen LogP contribution >= 0.6 is 0 Å². The zero-order valence-electron chi connectivity index (χ0n) is 10.2. The second-order valence-electron chi connectivity index (χ2n) is 4.50. The van der Waals surface area contributed by atoms with Crippen LogP contribution in [0.15, 0.2) is 6.20 Å². The van der Waals surface area contributed by atoms with Gasteiger partial charge in [-0.05, 0) is 13.8 Å². The number of nitrogen functional groups attached to an aromatic ring is 1. The number of carbonyl (C=O) groups excluding carboxylic acids is 2. The first-order valence-electron chi connectivity index (χ1n) is 5.11. The number of primary amides is 1. The first kappa shape index (κ1) is 13.0. The molecule has 1 heterocycles. The second kappa shape index (κ2) is 4.44. The van der Waals surface area contributed by atoms with E-state index >= 15 is 0 Å². The van der Waals surface area contributed by atoms with Crippen molar-refractivity contribution < 1.29 is 9.59 Å². The Hall–Kier alpha value is -2.05. The molecule has 0 atom stereocenters. The Morgan fingerprint density at radius 1 is 1.53 bits per heavy atom. The number of aryl methyl sites for hydroxylation is 1. The average Bonchev–Trinajstić information content (AvgIpc) is 2.55. The molecule has 0 bridgehead atoms. The normalized spacial score (nSPS) is 11.2. The predicted molar refractivity (Wildman–Crippen MR) is 62.9 cm³/mol. The Bertz CT molecular complexity index is 430. The van der Waals surface area contributed by atoms with Crippen LogP contribution < -0.4 is 16.8 Å². The van der Waals surface area contributed by atoms with Crippen LogP contribution in [0.2, 0.25) is 0 Å². The monoisotopic (exact) mass is 239 g/mol. The van der Waals surface area contributed by atoms with Crippen molar-refractivity contribution >= 4 is 17.5 Å². The third kappa shape index (κ3) is 2.74. The van der Waals surface area contributed by atoms with Crippen LogP contribution in [-0.4, -0.2) is 28.1 Å². The summed E-state index contributed by atoms with van der Waals surface area (Å²) in [7, 11) is 1.62. The topological polar surface area (TPSA) is 116 Å². The maximum atomic E-state index is 11.8. The molecule has 0 saturated carbocycles. The molecular weight excluding hydrogens is 222 g/mol. The smallest absolute Gasteiger partial charge is 0.271 e. The number of nitrogens with one attached hydrogen (secondary N) is 1. The molecule has 0 radical (unpaired) electrons. The molecule has 0 aliphatic rings. The maximum Gasteiger partial charge on any atom is 0.271 e. The molecular formula is C10H17N5O2. The predicted octanol–water partition coefficient (Wildman–Crippen LogP) is -0.756. The summed E-state index contributed by atoms with van der Waals surface area (Å²) in [6, 6.07) is 0. The minimum Gasteiger partial charge on any atom is -0.396 e. The largest absolute Gasteiger partial charge is 0.396 e. The van der Waals surface area contributed by atoms with Gasteiger partial charge >= 0.3 is 0 Å². The van der Waals surface area contributed by atoms with Gasteiger partial charge in [-0.2, -0.15) is 5.10 Å². The summed E-state index contributed by atoms with van der Waals surface area (Å²) in [5, 5.41) is 6.46. The molecule has 0 unspecified atom stereocenters. The number of nitrogens with zero attached hydrogens (tertiary/aromatic N) is 2. The van der Waals surface area contributed by atoms with E-state index in [1.54, 1.807) is 20.9 Å². The lowest BCUT2D eigenvalue weighted by molar-refractivity contribution is -0.125. The highest BCUT2D eigenvalue weighted by Gasteiger charge is 2.26. The van der Waals surface area contributed by atoms with E-state index in [0.29, 0.717) is 5.69 Å². The lowest BCUT2D eigenvalue weighted by Crippen LogP contribution is -2.42.